The SMILES string of the molecule is CC.CCCC1CC(C)C2CCCCC2CCC(C2CCC(C)CC2)C1CC. The second kappa shape index (κ2) is 12.6. The lowest BCUT2D eigenvalue weighted by Crippen LogP contribution is -2.32. The minimum atomic E-state index is 0.982. The summed E-state index contributed by atoms with van der Waals surface area (Å²) in [6, 6.07) is 0. The normalized spacial score (nSPS) is 42.2. The van der Waals surface area contributed by atoms with Crippen molar-refractivity contribution in [1.29, 1.82) is 0 Å². The van der Waals surface area contributed by atoms with Crippen molar-refractivity contribution in [3.8, 4) is 0 Å². The van der Waals surface area contributed by atoms with Crippen molar-refractivity contribution in [3.63, 3.8) is 0 Å². The van der Waals surface area contributed by atoms with E-state index in [4.69, 9.17) is 0 Å². The Kier molecular flexibility index (Phi) is 11.0. The van der Waals surface area contributed by atoms with Crippen LogP contribution in [-0.4, -0.2) is 0 Å². The van der Waals surface area contributed by atoms with Crippen molar-refractivity contribution in [2.45, 2.75) is 131 Å². The lowest BCUT2D eigenvalue weighted by atomic mass is 9.65. The van der Waals surface area contributed by atoms with Gasteiger partial charge in [-0.3, -0.25) is 0 Å². The molecule has 3 fully saturated rings. The first-order chi connectivity index (χ1) is 13.6. The average molecular weight is 391 g/mol. The molecule has 3 aliphatic carbocycles. The van der Waals surface area contributed by atoms with Gasteiger partial charge in [-0.05, 0) is 85.9 Å². The summed E-state index contributed by atoms with van der Waals surface area (Å²) in [5, 5.41) is 0. The summed E-state index contributed by atoms with van der Waals surface area (Å²) in [6.45, 7) is 14.1. The summed E-state index contributed by atoms with van der Waals surface area (Å²) in [4.78, 5) is 0. The first kappa shape index (κ1) is 24.3. The molecule has 0 radical (unpaired) electrons. The lowest BCUT2D eigenvalue weighted by molar-refractivity contribution is 0.0923. The molecule has 0 nitrogen and oxygen atoms in total. The van der Waals surface area contributed by atoms with Crippen LogP contribution in [0.3, 0.4) is 0 Å². The van der Waals surface area contributed by atoms with Gasteiger partial charge in [0.05, 0.1) is 0 Å². The Balaban J connectivity index is 0.00000136. The van der Waals surface area contributed by atoms with E-state index in [1.54, 1.807) is 44.9 Å². The fraction of sp³-hybridized carbons (Fsp3) is 1.00. The third-order valence-electron chi connectivity index (χ3n) is 9.20. The summed E-state index contributed by atoms with van der Waals surface area (Å²) in [5.41, 5.74) is 0. The highest BCUT2D eigenvalue weighted by Gasteiger charge is 2.39. The molecule has 28 heavy (non-hydrogen) atoms. The number of rotatable bonds is 4. The van der Waals surface area contributed by atoms with Crippen LogP contribution in [0.15, 0.2) is 0 Å². The summed E-state index contributed by atoms with van der Waals surface area (Å²) >= 11 is 0. The summed E-state index contributed by atoms with van der Waals surface area (Å²) in [7, 11) is 0. The fourth-order valence-electron chi connectivity index (χ4n) is 7.78. The van der Waals surface area contributed by atoms with Crippen LogP contribution in [0.1, 0.15) is 131 Å². The molecular formula is C28H54. The largest absolute Gasteiger partial charge is 0.0683 e. The van der Waals surface area contributed by atoms with Crippen LogP contribution in [-0.2, 0) is 0 Å². The molecule has 6 atom stereocenters. The summed E-state index contributed by atoms with van der Waals surface area (Å²) in [5.74, 6) is 8.27. The van der Waals surface area contributed by atoms with Crippen LogP contribution in [0, 0.1) is 47.3 Å². The maximum absolute atomic E-state index is 2.64. The Bertz CT molecular complexity index is 391. The van der Waals surface area contributed by atoms with E-state index in [-0.39, 0.29) is 0 Å². The molecule has 3 rings (SSSR count). The molecule has 0 aromatic rings. The van der Waals surface area contributed by atoms with Gasteiger partial charge in [-0.25, -0.2) is 0 Å². The quantitative estimate of drug-likeness (QED) is 0.448. The molecule has 0 spiro atoms. The zero-order valence-corrected chi connectivity index (χ0v) is 20.5. The van der Waals surface area contributed by atoms with E-state index in [1.165, 1.54) is 44.9 Å². The van der Waals surface area contributed by atoms with Crippen LogP contribution in [0.25, 0.3) is 0 Å². The van der Waals surface area contributed by atoms with E-state index in [2.05, 4.69) is 27.7 Å². The van der Waals surface area contributed by atoms with Crippen molar-refractivity contribution in [2.24, 2.45) is 47.3 Å². The topological polar surface area (TPSA) is 0 Å². The van der Waals surface area contributed by atoms with E-state index < -0.39 is 0 Å². The Hall–Kier alpha value is 0. The molecule has 0 aromatic carbocycles. The second-order valence-corrected chi connectivity index (χ2v) is 10.8. The highest BCUT2D eigenvalue weighted by atomic mass is 14.4. The van der Waals surface area contributed by atoms with Gasteiger partial charge in [0.15, 0.2) is 0 Å². The van der Waals surface area contributed by atoms with Crippen LogP contribution in [0.2, 0.25) is 0 Å². The van der Waals surface area contributed by atoms with E-state index in [9.17, 15) is 0 Å². The van der Waals surface area contributed by atoms with Crippen LogP contribution >= 0.6 is 0 Å². The van der Waals surface area contributed by atoms with Gasteiger partial charge in [0.2, 0.25) is 0 Å². The van der Waals surface area contributed by atoms with Gasteiger partial charge < -0.3 is 0 Å². The zero-order chi connectivity index (χ0) is 20.5. The third kappa shape index (κ3) is 6.25. The number of hydrogen-bond donors (Lipinski definition) is 0. The van der Waals surface area contributed by atoms with Gasteiger partial charge in [0, 0.05) is 0 Å². The van der Waals surface area contributed by atoms with Crippen molar-refractivity contribution < 1.29 is 0 Å². The third-order valence-corrected chi connectivity index (χ3v) is 9.20. The van der Waals surface area contributed by atoms with Gasteiger partial charge in [-0.2, -0.15) is 0 Å². The molecule has 3 saturated carbocycles. The fourth-order valence-corrected chi connectivity index (χ4v) is 7.78. The molecule has 0 N–H and O–H groups in total. The lowest BCUT2D eigenvalue weighted by Gasteiger charge is -2.41. The molecule has 0 bridgehead atoms. The van der Waals surface area contributed by atoms with Crippen molar-refractivity contribution in [1.82, 2.24) is 0 Å². The van der Waals surface area contributed by atoms with Gasteiger partial charge >= 0.3 is 0 Å². The Labute approximate surface area is 179 Å². The maximum Gasteiger partial charge on any atom is -0.0355 e. The van der Waals surface area contributed by atoms with E-state index in [1.807, 2.05) is 13.8 Å². The zero-order valence-electron chi connectivity index (χ0n) is 20.5. The molecule has 166 valence electrons. The van der Waals surface area contributed by atoms with Crippen molar-refractivity contribution in [2.75, 3.05) is 0 Å². The first-order valence-corrected chi connectivity index (χ1v) is 13.6. The van der Waals surface area contributed by atoms with Crippen molar-refractivity contribution >= 4 is 0 Å². The minimum absolute atomic E-state index is 0.982. The molecule has 0 aromatic heterocycles. The monoisotopic (exact) mass is 390 g/mol. The summed E-state index contributed by atoms with van der Waals surface area (Å²) < 4.78 is 0. The molecule has 6 unspecified atom stereocenters. The molecule has 0 aliphatic heterocycles. The predicted molar refractivity (Wildman–Crippen MR) is 127 cm³/mol. The molecule has 3 aliphatic rings. The van der Waals surface area contributed by atoms with E-state index in [0.717, 1.165) is 47.3 Å². The van der Waals surface area contributed by atoms with Gasteiger partial charge in [0.25, 0.3) is 0 Å². The predicted octanol–water partition coefficient (Wildman–Crippen LogP) is 9.52. The highest BCUT2D eigenvalue weighted by Crippen LogP contribution is 2.49. The standard InChI is InChI=1S/C26H48.C2H6/c1-5-9-23-18-20(4)25-11-8-7-10-21(25)16-17-26(24(23)6-2)22-14-12-19(3)13-15-22;1-2/h19-26H,5-18H2,1-4H3;1-2H3. The highest BCUT2D eigenvalue weighted by molar-refractivity contribution is 4.90. The molecule has 0 amide bonds. The Morgan fingerprint density at radius 1 is 0.679 bits per heavy atom. The minimum Gasteiger partial charge on any atom is -0.0683 e. The Morgan fingerprint density at radius 3 is 1.93 bits per heavy atom. The smallest absolute Gasteiger partial charge is 0.0355 e. The second-order valence-electron chi connectivity index (χ2n) is 10.8. The van der Waals surface area contributed by atoms with Gasteiger partial charge in [0.1, 0.15) is 0 Å². The van der Waals surface area contributed by atoms with Gasteiger partial charge in [-0.15, -0.1) is 0 Å². The molecule has 0 saturated heterocycles. The molecule has 0 heterocycles. The van der Waals surface area contributed by atoms with Crippen molar-refractivity contribution in [3.05, 3.63) is 0 Å². The number of hydrogen-bond acceptors (Lipinski definition) is 0. The van der Waals surface area contributed by atoms with Crippen LogP contribution in [0.4, 0.5) is 0 Å². The maximum atomic E-state index is 2.64. The van der Waals surface area contributed by atoms with Crippen LogP contribution < -0.4 is 0 Å². The molecule has 0 heteroatoms. The van der Waals surface area contributed by atoms with Crippen LogP contribution in [0.5, 0.6) is 0 Å². The average Bonchev–Trinajstić information content (AvgIpc) is 2.78. The van der Waals surface area contributed by atoms with E-state index >= 15 is 0 Å². The first-order valence-electron chi connectivity index (χ1n) is 13.6. The van der Waals surface area contributed by atoms with Gasteiger partial charge in [-0.1, -0.05) is 92.9 Å². The van der Waals surface area contributed by atoms with E-state index in [0.29, 0.717) is 0 Å². The Morgan fingerprint density at radius 2 is 1.29 bits per heavy atom. The number of fused-ring (bicyclic) bond motifs is 1. The molecular weight excluding hydrogens is 336 g/mol. The summed E-state index contributed by atoms with van der Waals surface area (Å²) in [6.07, 6.45) is 21.3.